The quantitative estimate of drug-likeness (QED) is 0.301. The number of hydrogen-bond donors (Lipinski definition) is 0. The molecule has 0 bridgehead atoms. The molecule has 0 saturated heterocycles. The van der Waals surface area contributed by atoms with Crippen LogP contribution in [0.3, 0.4) is 0 Å². The van der Waals surface area contributed by atoms with Gasteiger partial charge in [-0.3, -0.25) is 0 Å². The van der Waals surface area contributed by atoms with Crippen molar-refractivity contribution in [3.8, 4) is 5.75 Å². The number of thiocarbonyl (C=S) groups is 1. The van der Waals surface area contributed by atoms with E-state index in [0.29, 0.717) is 12.1 Å². The summed E-state index contributed by atoms with van der Waals surface area (Å²) < 4.78 is 6.45. The highest BCUT2D eigenvalue weighted by Gasteiger charge is 2.31. The Morgan fingerprint density at radius 1 is 0.862 bits per heavy atom. The predicted molar refractivity (Wildman–Crippen MR) is 128 cm³/mol. The van der Waals surface area contributed by atoms with E-state index in [2.05, 4.69) is 36.1 Å². The molecule has 29 heavy (non-hydrogen) atoms. The van der Waals surface area contributed by atoms with E-state index in [9.17, 15) is 0 Å². The maximum Gasteiger partial charge on any atom is 0.265 e. The molecule has 0 unspecified atom stereocenters. The Hall–Kier alpha value is -1.09. The SMILES string of the molecule is CCCCCCCc1ccccc1OC(=S)N(C1CCCCC1)C1CCCCC1. The third-order valence-electron chi connectivity index (χ3n) is 6.87. The minimum absolute atomic E-state index is 0.584. The summed E-state index contributed by atoms with van der Waals surface area (Å²) in [6, 6.07) is 9.74. The number of nitrogens with zero attached hydrogens (tertiary/aromatic N) is 1. The Bertz CT molecular complexity index is 586. The van der Waals surface area contributed by atoms with Crippen LogP contribution in [0.2, 0.25) is 0 Å². The van der Waals surface area contributed by atoms with Crippen molar-refractivity contribution in [3.63, 3.8) is 0 Å². The smallest absolute Gasteiger partial charge is 0.265 e. The van der Waals surface area contributed by atoms with Gasteiger partial charge in [0.25, 0.3) is 5.17 Å². The lowest BCUT2D eigenvalue weighted by atomic mass is 9.89. The Kier molecular flexibility index (Phi) is 9.79. The molecule has 2 fully saturated rings. The summed E-state index contributed by atoms with van der Waals surface area (Å²) in [6.07, 6.45) is 20.8. The lowest BCUT2D eigenvalue weighted by Gasteiger charge is -2.42. The third kappa shape index (κ3) is 6.98. The molecule has 0 aliphatic heterocycles. The minimum Gasteiger partial charge on any atom is -0.431 e. The van der Waals surface area contributed by atoms with Gasteiger partial charge < -0.3 is 9.64 Å². The van der Waals surface area contributed by atoms with Gasteiger partial charge in [-0.2, -0.15) is 0 Å². The van der Waals surface area contributed by atoms with Crippen molar-refractivity contribution in [1.29, 1.82) is 0 Å². The second-order valence-corrected chi connectivity index (χ2v) is 9.48. The maximum absolute atomic E-state index is 6.45. The van der Waals surface area contributed by atoms with Gasteiger partial charge >= 0.3 is 0 Å². The van der Waals surface area contributed by atoms with E-state index in [1.807, 2.05) is 0 Å². The van der Waals surface area contributed by atoms with Crippen molar-refractivity contribution in [2.45, 2.75) is 122 Å². The molecule has 1 aromatic rings. The van der Waals surface area contributed by atoms with Crippen LogP contribution in [-0.2, 0) is 6.42 Å². The molecule has 162 valence electrons. The Labute approximate surface area is 184 Å². The first kappa shape index (κ1) is 22.6. The summed E-state index contributed by atoms with van der Waals surface area (Å²) in [5, 5.41) is 0.738. The molecule has 3 rings (SSSR count). The van der Waals surface area contributed by atoms with Crippen LogP contribution >= 0.6 is 12.2 Å². The molecule has 2 aliphatic rings. The molecule has 1 aromatic carbocycles. The number of benzene rings is 1. The van der Waals surface area contributed by atoms with Gasteiger partial charge in [0.2, 0.25) is 0 Å². The molecule has 0 radical (unpaired) electrons. The maximum atomic E-state index is 6.45. The molecule has 3 heteroatoms. The molecule has 0 N–H and O–H groups in total. The topological polar surface area (TPSA) is 12.5 Å². The fourth-order valence-electron chi connectivity index (χ4n) is 5.19. The highest BCUT2D eigenvalue weighted by Crippen LogP contribution is 2.32. The molecular weight excluding hydrogens is 374 g/mol. The average molecular weight is 416 g/mol. The van der Waals surface area contributed by atoms with E-state index in [1.54, 1.807) is 0 Å². The Balaban J connectivity index is 1.65. The summed E-state index contributed by atoms with van der Waals surface area (Å²) in [6.45, 7) is 2.27. The number of aryl methyl sites for hydroxylation is 1. The molecule has 0 atom stereocenters. The lowest BCUT2D eigenvalue weighted by molar-refractivity contribution is 0.140. The van der Waals surface area contributed by atoms with Gasteiger partial charge in [-0.05, 0) is 62.4 Å². The van der Waals surface area contributed by atoms with Crippen LogP contribution in [-0.4, -0.2) is 22.2 Å². The molecule has 0 heterocycles. The first-order valence-electron chi connectivity index (χ1n) is 12.4. The molecule has 2 nitrogen and oxygen atoms in total. The number of unbranched alkanes of at least 4 members (excludes halogenated alkanes) is 4. The van der Waals surface area contributed by atoms with Gasteiger partial charge in [-0.1, -0.05) is 89.3 Å². The Morgan fingerprint density at radius 2 is 1.45 bits per heavy atom. The van der Waals surface area contributed by atoms with Crippen LogP contribution in [0.4, 0.5) is 0 Å². The largest absolute Gasteiger partial charge is 0.431 e. The number of hydrogen-bond acceptors (Lipinski definition) is 2. The molecule has 0 amide bonds. The zero-order chi connectivity index (χ0) is 20.3. The Morgan fingerprint density at radius 3 is 2.07 bits per heavy atom. The van der Waals surface area contributed by atoms with Gasteiger partial charge in [0.05, 0.1) is 0 Å². The van der Waals surface area contributed by atoms with Crippen molar-refractivity contribution < 1.29 is 4.74 Å². The van der Waals surface area contributed by atoms with Crippen molar-refractivity contribution in [2.24, 2.45) is 0 Å². The summed E-state index contributed by atoms with van der Waals surface area (Å²) >= 11 is 5.95. The third-order valence-corrected chi connectivity index (χ3v) is 7.16. The summed E-state index contributed by atoms with van der Waals surface area (Å²) in [4.78, 5) is 2.53. The van der Waals surface area contributed by atoms with E-state index in [4.69, 9.17) is 17.0 Å². The monoisotopic (exact) mass is 415 g/mol. The molecular formula is C26H41NOS. The molecule has 2 saturated carbocycles. The van der Waals surface area contributed by atoms with Gasteiger partial charge in [-0.15, -0.1) is 0 Å². The van der Waals surface area contributed by atoms with Gasteiger partial charge in [-0.25, -0.2) is 0 Å². The van der Waals surface area contributed by atoms with Gasteiger partial charge in [0, 0.05) is 12.1 Å². The van der Waals surface area contributed by atoms with E-state index in [1.165, 1.54) is 102 Å². The molecule has 0 spiro atoms. The van der Waals surface area contributed by atoms with Crippen LogP contribution in [0.15, 0.2) is 24.3 Å². The first-order valence-corrected chi connectivity index (χ1v) is 12.8. The highest BCUT2D eigenvalue weighted by molar-refractivity contribution is 7.80. The fourth-order valence-corrected chi connectivity index (χ4v) is 5.58. The van der Waals surface area contributed by atoms with Crippen LogP contribution in [0, 0.1) is 0 Å². The van der Waals surface area contributed by atoms with Crippen molar-refractivity contribution in [3.05, 3.63) is 29.8 Å². The summed E-state index contributed by atoms with van der Waals surface area (Å²) in [5.74, 6) is 0.990. The van der Waals surface area contributed by atoms with Crippen molar-refractivity contribution in [2.75, 3.05) is 0 Å². The van der Waals surface area contributed by atoms with E-state index in [0.717, 1.165) is 17.3 Å². The van der Waals surface area contributed by atoms with E-state index in [-0.39, 0.29) is 0 Å². The predicted octanol–water partition coefficient (Wildman–Crippen LogP) is 7.83. The van der Waals surface area contributed by atoms with Crippen molar-refractivity contribution in [1.82, 2.24) is 4.90 Å². The summed E-state index contributed by atoms with van der Waals surface area (Å²) in [5.41, 5.74) is 1.32. The standard InChI is InChI=1S/C26H41NOS/c1-2-3-4-5-8-15-22-16-13-14-21-25(22)28-26(29)27(23-17-9-6-10-18-23)24-19-11-7-12-20-24/h13-14,16,21,23-24H,2-12,15,17-20H2,1H3. The second kappa shape index (κ2) is 12.6. The zero-order valence-corrected chi connectivity index (χ0v) is 19.4. The number of rotatable bonds is 9. The molecule has 0 aromatic heterocycles. The highest BCUT2D eigenvalue weighted by atomic mass is 32.1. The number of ether oxygens (including phenoxy) is 1. The normalized spacial score (nSPS) is 18.5. The second-order valence-electron chi connectivity index (χ2n) is 9.13. The first-order chi connectivity index (χ1) is 14.3. The van der Waals surface area contributed by atoms with Gasteiger partial charge in [0.1, 0.15) is 5.75 Å². The molecule has 2 aliphatic carbocycles. The summed E-state index contributed by atoms with van der Waals surface area (Å²) in [7, 11) is 0. The van der Waals surface area contributed by atoms with Crippen LogP contribution in [0.25, 0.3) is 0 Å². The lowest BCUT2D eigenvalue weighted by Crippen LogP contribution is -2.49. The van der Waals surface area contributed by atoms with E-state index >= 15 is 0 Å². The van der Waals surface area contributed by atoms with Crippen LogP contribution in [0.1, 0.15) is 109 Å². The number of para-hydroxylation sites is 1. The zero-order valence-electron chi connectivity index (χ0n) is 18.5. The van der Waals surface area contributed by atoms with E-state index < -0.39 is 0 Å². The van der Waals surface area contributed by atoms with Gasteiger partial charge in [0.15, 0.2) is 0 Å². The minimum atomic E-state index is 0.584. The average Bonchev–Trinajstić information content (AvgIpc) is 2.76. The van der Waals surface area contributed by atoms with Crippen molar-refractivity contribution >= 4 is 17.4 Å². The fraction of sp³-hybridized carbons (Fsp3) is 0.731. The van der Waals surface area contributed by atoms with Crippen LogP contribution < -0.4 is 4.74 Å². The van der Waals surface area contributed by atoms with Crippen LogP contribution in [0.5, 0.6) is 5.75 Å².